The molecule has 0 fully saturated rings. The van der Waals surface area contributed by atoms with Gasteiger partial charge in [0, 0.05) is 17.6 Å². The van der Waals surface area contributed by atoms with Crippen LogP contribution in [0.3, 0.4) is 0 Å². The Morgan fingerprint density at radius 1 is 0.946 bits per heavy atom. The van der Waals surface area contributed by atoms with Gasteiger partial charge in [-0.2, -0.15) is 0 Å². The second-order valence-corrected chi connectivity index (χ2v) is 11.4. The molecule has 9 heteroatoms. The van der Waals surface area contributed by atoms with Crippen LogP contribution in [0.2, 0.25) is 0 Å². The van der Waals surface area contributed by atoms with E-state index in [0.717, 1.165) is 16.3 Å². The average Bonchev–Trinajstić information content (AvgIpc) is 2.91. The van der Waals surface area contributed by atoms with Crippen LogP contribution in [-0.2, 0) is 26.0 Å². The van der Waals surface area contributed by atoms with Gasteiger partial charge in [-0.1, -0.05) is 77.5 Å². The zero-order valence-corrected chi connectivity index (χ0v) is 23.4. The number of hydrogen-bond donors (Lipinski definition) is 1. The summed E-state index contributed by atoms with van der Waals surface area (Å²) in [5, 5.41) is 2.84. The van der Waals surface area contributed by atoms with Gasteiger partial charge in [0.1, 0.15) is 12.6 Å². The van der Waals surface area contributed by atoms with E-state index in [9.17, 15) is 18.0 Å². The maximum atomic E-state index is 13.8. The highest BCUT2D eigenvalue weighted by atomic mass is 79.9. The van der Waals surface area contributed by atoms with Crippen molar-refractivity contribution in [1.82, 2.24) is 10.2 Å². The van der Waals surface area contributed by atoms with Crippen molar-refractivity contribution in [2.75, 3.05) is 23.9 Å². The number of hydrogen-bond acceptors (Lipinski definition) is 4. The highest BCUT2D eigenvalue weighted by Crippen LogP contribution is 2.26. The summed E-state index contributed by atoms with van der Waals surface area (Å²) >= 11 is 3.40. The van der Waals surface area contributed by atoms with E-state index in [4.69, 9.17) is 0 Å². The van der Waals surface area contributed by atoms with Crippen LogP contribution >= 0.6 is 15.9 Å². The van der Waals surface area contributed by atoms with Crippen molar-refractivity contribution < 1.29 is 18.0 Å². The van der Waals surface area contributed by atoms with Crippen LogP contribution in [0.1, 0.15) is 25.8 Å². The zero-order valence-electron chi connectivity index (χ0n) is 21.0. The van der Waals surface area contributed by atoms with E-state index < -0.39 is 28.5 Å². The van der Waals surface area contributed by atoms with Gasteiger partial charge >= 0.3 is 0 Å². The minimum absolute atomic E-state index is 0.0762. The molecular weight excluding hydrogens is 554 g/mol. The van der Waals surface area contributed by atoms with Crippen LogP contribution in [0.5, 0.6) is 0 Å². The molecule has 0 spiro atoms. The number of nitrogens with one attached hydrogen (secondary N) is 1. The molecule has 0 aromatic heterocycles. The Morgan fingerprint density at radius 3 is 2.22 bits per heavy atom. The number of benzene rings is 3. The number of carbonyl (C=O) groups excluding carboxylic acids is 2. The summed E-state index contributed by atoms with van der Waals surface area (Å²) in [6.45, 7) is 3.93. The highest BCUT2D eigenvalue weighted by Gasteiger charge is 2.32. The standard InChI is InChI=1S/C28H32BrN3O4S/c1-3-18-30-28(34)22(2)31(19-17-23-11-6-4-7-12-23)27(33)21-32(25-14-10-13-24(29)20-25)37(35,36)26-15-8-5-9-16-26/h4-16,20,22H,3,17-19,21H2,1-2H3,(H,30,34)/t22-/m1/s1. The van der Waals surface area contributed by atoms with Crippen molar-refractivity contribution in [2.45, 2.75) is 37.6 Å². The van der Waals surface area contributed by atoms with Gasteiger partial charge in [-0.3, -0.25) is 13.9 Å². The molecule has 3 rings (SSSR count). The maximum absolute atomic E-state index is 13.8. The van der Waals surface area contributed by atoms with E-state index >= 15 is 0 Å². The van der Waals surface area contributed by atoms with Gasteiger partial charge in [0.2, 0.25) is 11.8 Å². The van der Waals surface area contributed by atoms with Crippen LogP contribution in [0.15, 0.2) is 94.3 Å². The van der Waals surface area contributed by atoms with Crippen molar-refractivity contribution in [3.63, 3.8) is 0 Å². The number of halogens is 1. The van der Waals surface area contributed by atoms with E-state index in [1.807, 2.05) is 37.3 Å². The Kier molecular flexibility index (Phi) is 10.3. The molecule has 0 unspecified atom stereocenters. The summed E-state index contributed by atoms with van der Waals surface area (Å²) in [5.74, 6) is -0.738. The van der Waals surface area contributed by atoms with Crippen molar-refractivity contribution in [1.29, 1.82) is 0 Å². The number of anilines is 1. The molecule has 1 atom stereocenters. The van der Waals surface area contributed by atoms with E-state index in [1.54, 1.807) is 49.4 Å². The molecule has 0 aliphatic carbocycles. The Bertz CT molecular complexity index is 1290. The molecule has 196 valence electrons. The minimum atomic E-state index is -4.06. The first kappa shape index (κ1) is 28.4. The fourth-order valence-corrected chi connectivity index (χ4v) is 5.66. The molecule has 0 saturated carbocycles. The molecule has 1 N–H and O–H groups in total. The lowest BCUT2D eigenvalue weighted by molar-refractivity contribution is -0.138. The average molecular weight is 587 g/mol. The molecule has 2 amide bonds. The summed E-state index contributed by atoms with van der Waals surface area (Å²) in [6.07, 6.45) is 1.29. The molecule has 0 radical (unpaired) electrons. The Balaban J connectivity index is 1.95. The molecule has 0 aliphatic rings. The summed E-state index contributed by atoms with van der Waals surface area (Å²) in [4.78, 5) is 28.1. The molecule has 0 aliphatic heterocycles. The third-order valence-electron chi connectivity index (χ3n) is 5.91. The lowest BCUT2D eigenvalue weighted by Crippen LogP contribution is -2.52. The van der Waals surface area contributed by atoms with Crippen LogP contribution in [0.25, 0.3) is 0 Å². The normalized spacial score (nSPS) is 12.0. The van der Waals surface area contributed by atoms with Crippen molar-refractivity contribution in [2.24, 2.45) is 0 Å². The van der Waals surface area contributed by atoms with Gasteiger partial charge < -0.3 is 10.2 Å². The summed E-state index contributed by atoms with van der Waals surface area (Å²) < 4.78 is 29.2. The lowest BCUT2D eigenvalue weighted by Gasteiger charge is -2.32. The maximum Gasteiger partial charge on any atom is 0.264 e. The van der Waals surface area contributed by atoms with Gasteiger partial charge in [-0.25, -0.2) is 8.42 Å². The SMILES string of the molecule is CCCNC(=O)[C@@H](C)N(CCc1ccccc1)C(=O)CN(c1cccc(Br)c1)S(=O)(=O)c1ccccc1. The largest absolute Gasteiger partial charge is 0.354 e. The number of rotatable bonds is 12. The van der Waals surface area contributed by atoms with Crippen molar-refractivity contribution in [3.05, 3.63) is 95.0 Å². The minimum Gasteiger partial charge on any atom is -0.354 e. The van der Waals surface area contributed by atoms with Crippen LogP contribution in [-0.4, -0.2) is 50.8 Å². The molecule has 3 aromatic rings. The van der Waals surface area contributed by atoms with E-state index in [-0.39, 0.29) is 17.3 Å². The number of nitrogens with zero attached hydrogens (tertiary/aromatic N) is 2. The van der Waals surface area contributed by atoms with Gasteiger partial charge in [-0.05, 0) is 55.7 Å². The molecule has 0 heterocycles. The van der Waals surface area contributed by atoms with Crippen LogP contribution in [0.4, 0.5) is 5.69 Å². The van der Waals surface area contributed by atoms with Gasteiger partial charge in [-0.15, -0.1) is 0 Å². The van der Waals surface area contributed by atoms with E-state index in [0.29, 0.717) is 23.1 Å². The number of carbonyl (C=O) groups is 2. The number of amides is 2. The highest BCUT2D eigenvalue weighted by molar-refractivity contribution is 9.10. The van der Waals surface area contributed by atoms with Crippen molar-refractivity contribution >= 4 is 43.5 Å². The molecule has 37 heavy (non-hydrogen) atoms. The van der Waals surface area contributed by atoms with Gasteiger partial charge in [0.25, 0.3) is 10.0 Å². The molecule has 7 nitrogen and oxygen atoms in total. The Morgan fingerprint density at radius 2 is 1.59 bits per heavy atom. The topological polar surface area (TPSA) is 86.8 Å². The van der Waals surface area contributed by atoms with Crippen molar-refractivity contribution in [3.8, 4) is 0 Å². The third-order valence-corrected chi connectivity index (χ3v) is 8.19. The summed E-state index contributed by atoms with van der Waals surface area (Å²) in [6, 6.07) is 23.7. The predicted octanol–water partition coefficient (Wildman–Crippen LogP) is 4.63. The molecule has 3 aromatic carbocycles. The number of sulfonamides is 1. The van der Waals surface area contributed by atoms with Gasteiger partial charge in [0.15, 0.2) is 0 Å². The summed E-state index contributed by atoms with van der Waals surface area (Å²) in [7, 11) is -4.06. The monoisotopic (exact) mass is 585 g/mol. The second-order valence-electron chi connectivity index (χ2n) is 8.59. The molecular formula is C28H32BrN3O4S. The van der Waals surface area contributed by atoms with Crippen LogP contribution < -0.4 is 9.62 Å². The molecule has 0 bridgehead atoms. The molecule has 0 saturated heterocycles. The second kappa shape index (κ2) is 13.4. The first-order valence-corrected chi connectivity index (χ1v) is 14.4. The van der Waals surface area contributed by atoms with E-state index in [2.05, 4.69) is 21.2 Å². The lowest BCUT2D eigenvalue weighted by atomic mass is 10.1. The fraction of sp³-hybridized carbons (Fsp3) is 0.286. The zero-order chi connectivity index (χ0) is 26.8. The van der Waals surface area contributed by atoms with Crippen LogP contribution in [0, 0.1) is 0 Å². The van der Waals surface area contributed by atoms with E-state index in [1.165, 1.54) is 17.0 Å². The first-order chi connectivity index (χ1) is 17.7. The predicted molar refractivity (Wildman–Crippen MR) is 150 cm³/mol. The third kappa shape index (κ3) is 7.66. The quantitative estimate of drug-likeness (QED) is 0.336. The Labute approximate surface area is 227 Å². The first-order valence-electron chi connectivity index (χ1n) is 12.2. The fourth-order valence-electron chi connectivity index (χ4n) is 3.85. The smallest absolute Gasteiger partial charge is 0.264 e. The van der Waals surface area contributed by atoms with Gasteiger partial charge in [0.05, 0.1) is 10.6 Å². The Hall–Kier alpha value is -3.17. The summed E-state index contributed by atoms with van der Waals surface area (Å²) in [5.41, 5.74) is 1.36.